The molecule has 0 radical (unpaired) electrons. The second-order valence-corrected chi connectivity index (χ2v) is 4.78. The predicted molar refractivity (Wildman–Crippen MR) is 64.6 cm³/mol. The second-order valence-electron chi connectivity index (χ2n) is 4.78. The molecular formula is C14H16F2O. The van der Waals surface area contributed by atoms with Crippen LogP contribution in [0.5, 0.6) is 5.75 Å². The summed E-state index contributed by atoms with van der Waals surface area (Å²) in [5.74, 6) is 2.85. The molecule has 17 heavy (non-hydrogen) atoms. The van der Waals surface area contributed by atoms with Crippen LogP contribution in [0.25, 0.3) is 0 Å². The van der Waals surface area contributed by atoms with Crippen molar-refractivity contribution in [3.8, 4) is 18.1 Å². The van der Waals surface area contributed by atoms with Crippen LogP contribution in [0.15, 0.2) is 18.2 Å². The average molecular weight is 238 g/mol. The molecule has 92 valence electrons. The third kappa shape index (κ3) is 3.45. The maximum Gasteiger partial charge on any atom is 0.272 e. The molecule has 1 rings (SSSR count). The van der Waals surface area contributed by atoms with Crippen LogP contribution in [-0.4, -0.2) is 13.0 Å². The third-order valence-electron chi connectivity index (χ3n) is 2.33. The fourth-order valence-corrected chi connectivity index (χ4v) is 1.54. The first-order valence-corrected chi connectivity index (χ1v) is 5.37. The molecule has 1 nitrogen and oxygen atoms in total. The minimum Gasteiger partial charge on any atom is -0.486 e. The smallest absolute Gasteiger partial charge is 0.272 e. The van der Waals surface area contributed by atoms with Crippen molar-refractivity contribution < 1.29 is 13.5 Å². The number of alkyl halides is 2. The molecular weight excluding hydrogens is 222 g/mol. The molecule has 3 heteroatoms. The number of benzene rings is 1. The summed E-state index contributed by atoms with van der Waals surface area (Å²) in [5, 5.41) is 0. The van der Waals surface area contributed by atoms with E-state index >= 15 is 0 Å². The molecule has 0 N–H and O–H groups in total. The highest BCUT2D eigenvalue weighted by atomic mass is 19.3. The van der Waals surface area contributed by atoms with Gasteiger partial charge in [-0.05, 0) is 11.5 Å². The van der Waals surface area contributed by atoms with Crippen molar-refractivity contribution in [2.24, 2.45) is 0 Å². The lowest BCUT2D eigenvalue weighted by molar-refractivity contribution is 0.0808. The molecule has 0 unspecified atom stereocenters. The fraction of sp³-hybridized carbons (Fsp3) is 0.429. The van der Waals surface area contributed by atoms with Gasteiger partial charge in [-0.2, -0.15) is 0 Å². The molecule has 0 fully saturated rings. The third-order valence-corrected chi connectivity index (χ3v) is 2.33. The second kappa shape index (κ2) is 5.18. The number of rotatable bonds is 3. The van der Waals surface area contributed by atoms with E-state index in [2.05, 4.69) is 5.92 Å². The highest BCUT2D eigenvalue weighted by Crippen LogP contribution is 2.33. The summed E-state index contributed by atoms with van der Waals surface area (Å²) in [6.07, 6.45) is 2.85. The van der Waals surface area contributed by atoms with Crippen LogP contribution < -0.4 is 4.74 Å². The van der Waals surface area contributed by atoms with Crippen LogP contribution in [0.2, 0.25) is 0 Å². The summed E-state index contributed by atoms with van der Waals surface area (Å²) in [6.45, 7) is 5.31. The van der Waals surface area contributed by atoms with Gasteiger partial charge in [-0.1, -0.05) is 38.8 Å². The van der Waals surface area contributed by atoms with E-state index in [0.29, 0.717) is 11.3 Å². The zero-order chi connectivity index (χ0) is 13.1. The maximum absolute atomic E-state index is 12.2. The predicted octanol–water partition coefficient (Wildman–Crippen LogP) is 3.61. The lowest BCUT2D eigenvalue weighted by Crippen LogP contribution is -2.16. The first kappa shape index (κ1) is 13.5. The zero-order valence-corrected chi connectivity index (χ0v) is 10.3. The number of hydrogen-bond donors (Lipinski definition) is 0. The van der Waals surface area contributed by atoms with Gasteiger partial charge in [0.15, 0.2) is 0 Å². The summed E-state index contributed by atoms with van der Waals surface area (Å²) in [4.78, 5) is 0. The molecule has 0 bridgehead atoms. The van der Waals surface area contributed by atoms with Gasteiger partial charge in [0.05, 0.1) is 5.56 Å². The molecule has 0 spiro atoms. The summed E-state index contributed by atoms with van der Waals surface area (Å²) in [6, 6.07) is 5.35. The quantitative estimate of drug-likeness (QED) is 0.731. The topological polar surface area (TPSA) is 9.23 Å². The van der Waals surface area contributed by atoms with Crippen LogP contribution in [0.3, 0.4) is 0 Å². The van der Waals surface area contributed by atoms with Gasteiger partial charge in [0.1, 0.15) is 12.4 Å². The van der Waals surface area contributed by atoms with Gasteiger partial charge < -0.3 is 4.74 Å². The van der Waals surface area contributed by atoms with Crippen LogP contribution in [0, 0.1) is 12.3 Å². The molecule has 0 aliphatic carbocycles. The van der Waals surface area contributed by atoms with E-state index in [1.807, 2.05) is 32.9 Å². The van der Waals surface area contributed by atoms with Crippen LogP contribution in [0.4, 0.5) is 8.78 Å². The molecule has 0 heterocycles. The lowest BCUT2D eigenvalue weighted by atomic mass is 9.85. The van der Waals surface area contributed by atoms with Gasteiger partial charge in [-0.3, -0.25) is 0 Å². The first-order chi connectivity index (χ1) is 7.86. The highest BCUT2D eigenvalue weighted by molar-refractivity contribution is 5.52. The SMILES string of the molecule is C#Cc1cccc(C(C)(C)C)c1OCC(F)F. The van der Waals surface area contributed by atoms with Gasteiger partial charge in [0.25, 0.3) is 6.43 Å². The minimum atomic E-state index is -2.51. The van der Waals surface area contributed by atoms with Crippen molar-refractivity contribution in [3.05, 3.63) is 29.3 Å². The highest BCUT2D eigenvalue weighted by Gasteiger charge is 2.21. The Kier molecular flexibility index (Phi) is 4.11. The Morgan fingerprint density at radius 1 is 1.35 bits per heavy atom. The standard InChI is InChI=1S/C14H16F2O/c1-5-10-7-6-8-11(14(2,3)4)13(10)17-9-12(15)16/h1,6-8,12H,9H2,2-4H3. The van der Waals surface area contributed by atoms with Crippen molar-refractivity contribution in [3.63, 3.8) is 0 Å². The van der Waals surface area contributed by atoms with E-state index in [1.165, 1.54) is 0 Å². The summed E-state index contributed by atoms with van der Waals surface area (Å²) in [7, 11) is 0. The fourth-order valence-electron chi connectivity index (χ4n) is 1.54. The monoisotopic (exact) mass is 238 g/mol. The van der Waals surface area contributed by atoms with E-state index in [0.717, 1.165) is 5.56 Å². The number of hydrogen-bond acceptors (Lipinski definition) is 1. The summed E-state index contributed by atoms with van der Waals surface area (Å²) >= 11 is 0. The van der Waals surface area contributed by atoms with Crippen molar-refractivity contribution >= 4 is 0 Å². The van der Waals surface area contributed by atoms with Gasteiger partial charge in [0, 0.05) is 5.56 Å². The van der Waals surface area contributed by atoms with Crippen molar-refractivity contribution in [1.29, 1.82) is 0 Å². The van der Waals surface area contributed by atoms with Crippen molar-refractivity contribution in [2.45, 2.75) is 32.6 Å². The molecule has 0 atom stereocenters. The van der Waals surface area contributed by atoms with Crippen molar-refractivity contribution in [1.82, 2.24) is 0 Å². The Morgan fingerprint density at radius 3 is 2.47 bits per heavy atom. The zero-order valence-electron chi connectivity index (χ0n) is 10.3. The lowest BCUT2D eigenvalue weighted by Gasteiger charge is -2.23. The van der Waals surface area contributed by atoms with Crippen molar-refractivity contribution in [2.75, 3.05) is 6.61 Å². The average Bonchev–Trinajstić information content (AvgIpc) is 2.24. The van der Waals surface area contributed by atoms with Gasteiger partial charge in [0.2, 0.25) is 0 Å². The number of halogens is 2. The summed E-state index contributed by atoms with van der Waals surface area (Å²) in [5.41, 5.74) is 1.15. The normalized spacial score (nSPS) is 11.4. The Balaban J connectivity index is 3.18. The molecule has 1 aromatic rings. The Labute approximate surface area is 101 Å². The molecule has 0 amide bonds. The van der Waals surface area contributed by atoms with Crippen LogP contribution in [-0.2, 0) is 5.41 Å². The summed E-state index contributed by atoms with van der Waals surface area (Å²) < 4.78 is 29.6. The van der Waals surface area contributed by atoms with Gasteiger partial charge >= 0.3 is 0 Å². The molecule has 0 aliphatic heterocycles. The number of terminal acetylenes is 1. The van der Waals surface area contributed by atoms with E-state index in [1.54, 1.807) is 6.07 Å². The van der Waals surface area contributed by atoms with Crippen LogP contribution in [0.1, 0.15) is 31.9 Å². The van der Waals surface area contributed by atoms with E-state index in [9.17, 15) is 8.78 Å². The molecule has 0 aliphatic rings. The molecule has 1 aromatic carbocycles. The Morgan fingerprint density at radius 2 is 2.00 bits per heavy atom. The van der Waals surface area contributed by atoms with Gasteiger partial charge in [-0.15, -0.1) is 6.42 Å². The van der Waals surface area contributed by atoms with E-state index in [-0.39, 0.29) is 5.41 Å². The van der Waals surface area contributed by atoms with E-state index in [4.69, 9.17) is 11.2 Å². The maximum atomic E-state index is 12.2. The molecule has 0 saturated carbocycles. The van der Waals surface area contributed by atoms with E-state index < -0.39 is 13.0 Å². The van der Waals surface area contributed by atoms with Crippen LogP contribution >= 0.6 is 0 Å². The largest absolute Gasteiger partial charge is 0.486 e. The Hall–Kier alpha value is -1.56. The molecule has 0 aromatic heterocycles. The first-order valence-electron chi connectivity index (χ1n) is 5.37. The Bertz CT molecular complexity index is 425. The number of ether oxygens (including phenoxy) is 1. The van der Waals surface area contributed by atoms with Gasteiger partial charge in [-0.25, -0.2) is 8.78 Å². The molecule has 0 saturated heterocycles. The number of para-hydroxylation sites is 1. The minimum absolute atomic E-state index is 0.204.